The Morgan fingerprint density at radius 1 is 0.202 bits per heavy atom. The van der Waals surface area contributed by atoms with Crippen LogP contribution in [0.1, 0.15) is 184 Å². The number of fused-ring (bicyclic) bond motifs is 2. The van der Waals surface area contributed by atoms with Gasteiger partial charge >= 0.3 is 0 Å². The molecule has 0 radical (unpaired) electrons. The topological polar surface area (TPSA) is 0 Å². The standard InChI is InChI=1S/C94H86/c1-7-19-67(20-8-1)59-71-31-43-79(44-32-71)89(80-45-33-72(34-46-80)60-68-21-9-2-10-22-68)63-75-39-51-83(52-40-75)93-87-57-55-86(78-29-17-6-18-30-78)66-92(87)94(88-58-56-85(65-91(88)93)77-27-15-5-16-28-77)84-53-41-76(42-54-84)64-90(81-47-35-73(36-48-81)61-69-23-11-3-12-24-69)82-49-37-74(38-50-82)62-70-25-13-4-14-26-70/h5-6,15-18,27-66H,1-4,7-14,19-26H2. The van der Waals surface area contributed by atoms with Gasteiger partial charge < -0.3 is 0 Å². The van der Waals surface area contributed by atoms with E-state index in [4.69, 9.17) is 0 Å². The molecule has 4 saturated carbocycles. The van der Waals surface area contributed by atoms with Crippen LogP contribution in [-0.2, 0) is 0 Å². The average Bonchev–Trinajstić information content (AvgIpc) is 0.733. The molecule has 4 fully saturated rings. The molecule has 15 rings (SSSR count). The fraction of sp³-hybridized carbons (Fsp3) is 0.213. The zero-order valence-corrected chi connectivity index (χ0v) is 54.7. The van der Waals surface area contributed by atoms with Crippen molar-refractivity contribution in [3.8, 4) is 44.5 Å². The van der Waals surface area contributed by atoms with Crippen LogP contribution in [0.15, 0.2) is 265 Å². The largest absolute Gasteiger partial charge is 0.0696 e. The summed E-state index contributed by atoms with van der Waals surface area (Å²) in [6.07, 6.45) is 40.3. The van der Waals surface area contributed by atoms with Crippen molar-refractivity contribution < 1.29 is 0 Å². The zero-order chi connectivity index (χ0) is 62.8. The Morgan fingerprint density at radius 2 is 0.457 bits per heavy atom. The van der Waals surface area contributed by atoms with E-state index in [-0.39, 0.29) is 0 Å². The van der Waals surface area contributed by atoms with Gasteiger partial charge in [0.15, 0.2) is 0 Å². The van der Waals surface area contributed by atoms with Gasteiger partial charge in [0.05, 0.1) is 0 Å². The lowest BCUT2D eigenvalue weighted by molar-refractivity contribution is 0.602. The lowest BCUT2D eigenvalue weighted by atomic mass is 9.83. The van der Waals surface area contributed by atoms with Gasteiger partial charge in [-0.15, -0.1) is 0 Å². The Kier molecular flexibility index (Phi) is 18.5. The first-order chi connectivity index (χ1) is 46.5. The van der Waals surface area contributed by atoms with Crippen LogP contribution in [0, 0.1) is 0 Å². The van der Waals surface area contributed by atoms with E-state index < -0.39 is 0 Å². The summed E-state index contributed by atoms with van der Waals surface area (Å²) in [7, 11) is 0. The Morgan fingerprint density at radius 3 is 0.734 bits per heavy atom. The Labute approximate surface area is 559 Å². The maximum Gasteiger partial charge on any atom is -0.00261 e. The summed E-state index contributed by atoms with van der Waals surface area (Å²) in [6.45, 7) is 0. The molecule has 11 aromatic rings. The second-order valence-corrected chi connectivity index (χ2v) is 27.3. The van der Waals surface area contributed by atoms with E-state index in [0.29, 0.717) is 0 Å². The predicted octanol–water partition coefficient (Wildman–Crippen LogP) is 27.2. The van der Waals surface area contributed by atoms with Gasteiger partial charge in [-0.3, -0.25) is 0 Å². The summed E-state index contributed by atoms with van der Waals surface area (Å²) in [5, 5.41) is 4.95. The van der Waals surface area contributed by atoms with Crippen molar-refractivity contribution in [1.29, 1.82) is 0 Å². The number of rotatable bonds is 14. The summed E-state index contributed by atoms with van der Waals surface area (Å²) in [4.78, 5) is 0. The fourth-order valence-corrected chi connectivity index (χ4v) is 15.5. The Balaban J connectivity index is 0.841. The summed E-state index contributed by atoms with van der Waals surface area (Å²) in [6, 6.07) is 92.4. The highest BCUT2D eigenvalue weighted by Gasteiger charge is 2.21. The molecule has 0 aromatic heterocycles. The van der Waals surface area contributed by atoms with Gasteiger partial charge in [0, 0.05) is 0 Å². The van der Waals surface area contributed by atoms with Crippen LogP contribution in [0.2, 0.25) is 0 Å². The van der Waals surface area contributed by atoms with Crippen LogP contribution < -0.4 is 0 Å². The van der Waals surface area contributed by atoms with Crippen molar-refractivity contribution in [2.24, 2.45) is 0 Å². The van der Waals surface area contributed by atoms with Crippen LogP contribution in [0.3, 0.4) is 0 Å². The average molecular weight is 1220 g/mol. The normalized spacial score (nSPS) is 15.1. The maximum absolute atomic E-state index is 2.46. The van der Waals surface area contributed by atoms with Crippen LogP contribution in [0.25, 0.3) is 114 Å². The van der Waals surface area contributed by atoms with Gasteiger partial charge in [-0.05, 0) is 260 Å². The minimum absolute atomic E-state index is 1.17. The van der Waals surface area contributed by atoms with Gasteiger partial charge in [-0.25, -0.2) is 0 Å². The highest BCUT2D eigenvalue weighted by molar-refractivity contribution is 6.22. The summed E-state index contributed by atoms with van der Waals surface area (Å²) >= 11 is 0. The van der Waals surface area contributed by atoms with Gasteiger partial charge in [0.1, 0.15) is 0 Å². The van der Waals surface area contributed by atoms with Crippen molar-refractivity contribution >= 4 is 69.1 Å². The Hall–Kier alpha value is -9.62. The first-order valence-electron chi connectivity index (χ1n) is 35.5. The maximum atomic E-state index is 2.46. The zero-order valence-electron chi connectivity index (χ0n) is 54.7. The molecule has 0 nitrogen and oxygen atoms in total. The second-order valence-electron chi connectivity index (χ2n) is 27.3. The molecule has 0 aliphatic heterocycles. The third-order valence-corrected chi connectivity index (χ3v) is 20.7. The van der Waals surface area contributed by atoms with Crippen molar-refractivity contribution in [2.45, 2.75) is 128 Å². The SMILES string of the molecule is C(=C1CCCCC1)c1ccc(C(=Cc2ccc(-c3c4ccc(-c5ccccc5)cc4c(-c4ccc(C=C(c5ccc(C=C6CCCCC6)cc5)c5ccc(C=C6CCCCC6)cc5)cc4)c4ccc(-c5ccccc5)cc34)cc2)c2ccc(C=C3CCCCC3)cc2)cc1. The summed E-state index contributed by atoms with van der Waals surface area (Å²) in [5.74, 6) is 0. The third kappa shape index (κ3) is 14.1. The molecular formula is C94H86. The first-order valence-corrected chi connectivity index (χ1v) is 35.5. The van der Waals surface area contributed by atoms with Crippen molar-refractivity contribution in [3.63, 3.8) is 0 Å². The highest BCUT2D eigenvalue weighted by Crippen LogP contribution is 2.47. The van der Waals surface area contributed by atoms with Crippen LogP contribution in [-0.4, -0.2) is 0 Å². The van der Waals surface area contributed by atoms with E-state index in [2.05, 4.69) is 279 Å². The lowest BCUT2D eigenvalue weighted by Crippen LogP contribution is -1.94. The second kappa shape index (κ2) is 28.7. The smallest absolute Gasteiger partial charge is 0.00261 e. The number of allylic oxidation sites excluding steroid dienone is 4. The van der Waals surface area contributed by atoms with Gasteiger partial charge in [0.25, 0.3) is 0 Å². The molecule has 4 aliphatic rings. The van der Waals surface area contributed by atoms with Crippen LogP contribution in [0.5, 0.6) is 0 Å². The first kappa shape index (κ1) is 60.6. The molecule has 0 amide bonds. The van der Waals surface area contributed by atoms with E-state index in [0.717, 1.165) is 0 Å². The van der Waals surface area contributed by atoms with Gasteiger partial charge in [-0.1, -0.05) is 303 Å². The van der Waals surface area contributed by atoms with Crippen molar-refractivity contribution in [3.05, 3.63) is 321 Å². The van der Waals surface area contributed by atoms with E-state index in [1.165, 1.54) is 261 Å². The van der Waals surface area contributed by atoms with E-state index >= 15 is 0 Å². The number of hydrogen-bond donors (Lipinski definition) is 0. The molecule has 0 unspecified atom stereocenters. The van der Waals surface area contributed by atoms with E-state index in [1.807, 2.05) is 0 Å². The third-order valence-electron chi connectivity index (χ3n) is 20.7. The summed E-state index contributed by atoms with van der Waals surface area (Å²) in [5.41, 5.74) is 31.0. The van der Waals surface area contributed by atoms with Crippen molar-refractivity contribution in [1.82, 2.24) is 0 Å². The lowest BCUT2D eigenvalue weighted by Gasteiger charge is -2.20. The van der Waals surface area contributed by atoms with E-state index in [9.17, 15) is 0 Å². The monoisotopic (exact) mass is 1210 g/mol. The van der Waals surface area contributed by atoms with Gasteiger partial charge in [0.2, 0.25) is 0 Å². The molecule has 0 saturated heterocycles. The van der Waals surface area contributed by atoms with Gasteiger partial charge in [-0.2, -0.15) is 0 Å². The number of hydrogen-bond acceptors (Lipinski definition) is 0. The van der Waals surface area contributed by atoms with Crippen LogP contribution in [0.4, 0.5) is 0 Å². The van der Waals surface area contributed by atoms with Crippen molar-refractivity contribution in [2.75, 3.05) is 0 Å². The molecule has 0 N–H and O–H groups in total. The summed E-state index contributed by atoms with van der Waals surface area (Å²) < 4.78 is 0. The number of benzene rings is 11. The fourth-order valence-electron chi connectivity index (χ4n) is 15.5. The molecule has 11 aromatic carbocycles. The Bertz CT molecular complexity index is 4170. The molecular weight excluding hydrogens is 1130 g/mol. The molecule has 0 bridgehead atoms. The molecule has 4 aliphatic carbocycles. The minimum atomic E-state index is 1.17. The molecule has 0 spiro atoms. The molecule has 0 heteroatoms. The molecule has 462 valence electrons. The minimum Gasteiger partial charge on any atom is -0.0696 e. The van der Waals surface area contributed by atoms with Crippen LogP contribution >= 0.6 is 0 Å². The molecule has 94 heavy (non-hydrogen) atoms. The quantitative estimate of drug-likeness (QED) is 0.0752. The van der Waals surface area contributed by atoms with E-state index in [1.54, 1.807) is 22.3 Å². The highest BCUT2D eigenvalue weighted by atomic mass is 14.2. The predicted molar refractivity (Wildman–Crippen MR) is 407 cm³/mol. The molecule has 0 heterocycles. The molecule has 0 atom stereocenters.